The van der Waals surface area contributed by atoms with Crippen molar-refractivity contribution >= 4 is 11.3 Å². The van der Waals surface area contributed by atoms with Crippen molar-refractivity contribution in [1.29, 1.82) is 0 Å². The van der Waals surface area contributed by atoms with E-state index in [1.54, 1.807) is 0 Å². The van der Waals surface area contributed by atoms with Crippen LogP contribution in [0.3, 0.4) is 0 Å². The molecule has 104 valence electrons. The van der Waals surface area contributed by atoms with Crippen LogP contribution in [-0.4, -0.2) is 19.3 Å². The third kappa shape index (κ3) is 3.34. The van der Waals surface area contributed by atoms with Crippen molar-refractivity contribution < 1.29 is 4.74 Å². The molecule has 1 N–H and O–H groups in total. The van der Waals surface area contributed by atoms with Gasteiger partial charge in [-0.15, -0.1) is 11.3 Å². The number of hydrogen-bond donors (Lipinski definition) is 1. The summed E-state index contributed by atoms with van der Waals surface area (Å²) >= 11 is 1.88. The monoisotopic (exact) mass is 269 g/mol. The van der Waals surface area contributed by atoms with Crippen molar-refractivity contribution in [3.05, 3.63) is 21.9 Å². The van der Waals surface area contributed by atoms with Gasteiger partial charge in [-0.2, -0.15) is 0 Å². The fourth-order valence-corrected chi connectivity index (χ4v) is 3.57. The summed E-state index contributed by atoms with van der Waals surface area (Å²) in [5.41, 5.74) is -0.0908. The predicted molar refractivity (Wildman–Crippen MR) is 80.4 cm³/mol. The van der Waals surface area contributed by atoms with E-state index in [0.717, 1.165) is 25.8 Å². The number of ether oxygens (including phenoxy) is 1. The van der Waals surface area contributed by atoms with Crippen LogP contribution in [-0.2, 0) is 4.74 Å². The van der Waals surface area contributed by atoms with E-state index in [0.29, 0.717) is 6.04 Å². The molecule has 1 atom stereocenters. The smallest absolute Gasteiger partial charge is 0.0875 e. The van der Waals surface area contributed by atoms with E-state index in [-0.39, 0.29) is 5.60 Å². The number of methoxy groups -OCH3 is 1. The van der Waals surface area contributed by atoms with Crippen molar-refractivity contribution in [1.82, 2.24) is 5.32 Å². The van der Waals surface area contributed by atoms with Crippen LogP contribution >= 0.6 is 11.3 Å². The molecule has 1 unspecified atom stereocenters. The second-order valence-corrected chi connectivity index (χ2v) is 6.13. The van der Waals surface area contributed by atoms with Gasteiger partial charge in [0.25, 0.3) is 0 Å². The normalized spacial score (nSPS) is 13.8. The molecule has 0 radical (unpaired) electrons. The Morgan fingerprint density at radius 1 is 1.28 bits per heavy atom. The lowest BCUT2D eigenvalue weighted by Crippen LogP contribution is -2.44. The minimum atomic E-state index is -0.0908. The molecule has 1 rings (SSSR count). The van der Waals surface area contributed by atoms with Crippen LogP contribution in [0.25, 0.3) is 0 Å². The van der Waals surface area contributed by atoms with Crippen molar-refractivity contribution in [3.8, 4) is 0 Å². The van der Waals surface area contributed by atoms with Gasteiger partial charge in [0.2, 0.25) is 0 Å². The van der Waals surface area contributed by atoms with Crippen LogP contribution < -0.4 is 5.32 Å². The lowest BCUT2D eigenvalue weighted by atomic mass is 9.87. The van der Waals surface area contributed by atoms with Crippen molar-refractivity contribution in [2.45, 2.75) is 58.6 Å². The predicted octanol–water partition coefficient (Wildman–Crippen LogP) is 4.30. The van der Waals surface area contributed by atoms with Crippen LogP contribution in [0.15, 0.2) is 12.1 Å². The third-order valence-electron chi connectivity index (χ3n) is 3.77. The van der Waals surface area contributed by atoms with Gasteiger partial charge in [-0.25, -0.2) is 0 Å². The van der Waals surface area contributed by atoms with Gasteiger partial charge in [-0.1, -0.05) is 20.8 Å². The maximum Gasteiger partial charge on any atom is 0.0875 e. The molecule has 0 aliphatic heterocycles. The summed E-state index contributed by atoms with van der Waals surface area (Å²) in [7, 11) is 1.84. The van der Waals surface area contributed by atoms with Gasteiger partial charge < -0.3 is 10.1 Å². The molecule has 0 saturated heterocycles. The zero-order valence-corrected chi connectivity index (χ0v) is 13.2. The minimum absolute atomic E-state index is 0.0908. The maximum absolute atomic E-state index is 5.90. The molecule has 0 aromatic carbocycles. The van der Waals surface area contributed by atoms with Gasteiger partial charge >= 0.3 is 0 Å². The Morgan fingerprint density at radius 2 is 1.94 bits per heavy atom. The molecule has 0 aliphatic carbocycles. The highest BCUT2D eigenvalue weighted by atomic mass is 32.1. The molecule has 0 bridgehead atoms. The van der Waals surface area contributed by atoms with E-state index < -0.39 is 0 Å². The molecular formula is C15H27NOS. The Kier molecular flexibility index (Phi) is 6.33. The average molecular weight is 269 g/mol. The molecule has 0 spiro atoms. The number of nitrogens with one attached hydrogen (secondary N) is 1. The Labute approximate surface area is 116 Å². The molecular weight excluding hydrogens is 242 g/mol. The Bertz CT molecular complexity index is 336. The first-order chi connectivity index (χ1) is 8.63. The number of hydrogen-bond acceptors (Lipinski definition) is 3. The van der Waals surface area contributed by atoms with E-state index in [4.69, 9.17) is 4.74 Å². The van der Waals surface area contributed by atoms with E-state index in [1.165, 1.54) is 9.75 Å². The topological polar surface area (TPSA) is 21.3 Å². The minimum Gasteiger partial charge on any atom is -0.376 e. The maximum atomic E-state index is 5.90. The van der Waals surface area contributed by atoms with Crippen molar-refractivity contribution in [2.75, 3.05) is 13.7 Å². The number of thiophene rings is 1. The highest BCUT2D eigenvalue weighted by Gasteiger charge is 2.37. The second kappa shape index (κ2) is 7.27. The van der Waals surface area contributed by atoms with Gasteiger partial charge in [0.1, 0.15) is 0 Å². The summed E-state index contributed by atoms with van der Waals surface area (Å²) in [6.45, 7) is 9.84. The average Bonchev–Trinajstić information content (AvgIpc) is 2.81. The summed E-state index contributed by atoms with van der Waals surface area (Å²) in [6.07, 6.45) is 3.20. The molecule has 1 aromatic rings. The Hall–Kier alpha value is -0.380. The first-order valence-corrected chi connectivity index (χ1v) is 7.80. The van der Waals surface area contributed by atoms with Crippen LogP contribution in [0, 0.1) is 6.92 Å². The lowest BCUT2D eigenvalue weighted by molar-refractivity contribution is -0.0476. The lowest BCUT2D eigenvalue weighted by Gasteiger charge is -2.38. The highest BCUT2D eigenvalue weighted by molar-refractivity contribution is 7.12. The second-order valence-electron chi connectivity index (χ2n) is 4.81. The zero-order valence-electron chi connectivity index (χ0n) is 12.4. The van der Waals surface area contributed by atoms with E-state index in [9.17, 15) is 0 Å². The zero-order chi connectivity index (χ0) is 13.6. The first-order valence-electron chi connectivity index (χ1n) is 6.98. The highest BCUT2D eigenvalue weighted by Crippen LogP contribution is 2.37. The molecule has 2 nitrogen and oxygen atoms in total. The molecule has 0 amide bonds. The summed E-state index contributed by atoms with van der Waals surface area (Å²) < 4.78 is 5.90. The summed E-state index contributed by atoms with van der Waals surface area (Å²) in [5, 5.41) is 3.68. The van der Waals surface area contributed by atoms with Gasteiger partial charge in [0.05, 0.1) is 11.6 Å². The Balaban J connectivity index is 3.02. The third-order valence-corrected chi connectivity index (χ3v) is 4.84. The largest absolute Gasteiger partial charge is 0.376 e. The number of aryl methyl sites for hydroxylation is 1. The molecule has 1 heterocycles. The van der Waals surface area contributed by atoms with Crippen LogP contribution in [0.5, 0.6) is 0 Å². The van der Waals surface area contributed by atoms with E-state index >= 15 is 0 Å². The van der Waals surface area contributed by atoms with Crippen molar-refractivity contribution in [3.63, 3.8) is 0 Å². The Morgan fingerprint density at radius 3 is 2.33 bits per heavy atom. The van der Waals surface area contributed by atoms with Crippen LogP contribution in [0.4, 0.5) is 0 Å². The molecule has 18 heavy (non-hydrogen) atoms. The molecule has 0 saturated carbocycles. The van der Waals surface area contributed by atoms with Crippen LogP contribution in [0.2, 0.25) is 0 Å². The summed E-state index contributed by atoms with van der Waals surface area (Å²) in [6, 6.07) is 4.75. The molecule has 1 aromatic heterocycles. The first kappa shape index (κ1) is 15.7. The fourth-order valence-electron chi connectivity index (χ4n) is 2.51. The summed E-state index contributed by atoms with van der Waals surface area (Å²) in [5.74, 6) is 0. The van der Waals surface area contributed by atoms with Gasteiger partial charge in [-0.3, -0.25) is 0 Å². The molecule has 0 aliphatic rings. The van der Waals surface area contributed by atoms with E-state index in [2.05, 4.69) is 45.1 Å². The van der Waals surface area contributed by atoms with Gasteiger partial charge in [-0.05, 0) is 44.9 Å². The SMILES string of the molecule is CCCNC(c1ccc(C)s1)C(CC)(CC)OC. The quantitative estimate of drug-likeness (QED) is 0.759. The molecule has 0 fully saturated rings. The number of rotatable bonds is 8. The fraction of sp³-hybridized carbons (Fsp3) is 0.733. The molecule has 3 heteroatoms. The van der Waals surface area contributed by atoms with E-state index in [1.807, 2.05) is 18.4 Å². The van der Waals surface area contributed by atoms with Gasteiger partial charge in [0.15, 0.2) is 0 Å². The standard InChI is InChI=1S/C15H27NOS/c1-6-11-16-14(13-10-9-12(4)18-13)15(7-2,8-3)17-5/h9-10,14,16H,6-8,11H2,1-5H3. The van der Waals surface area contributed by atoms with Gasteiger partial charge in [0, 0.05) is 16.9 Å². The summed E-state index contributed by atoms with van der Waals surface area (Å²) in [4.78, 5) is 2.76. The van der Waals surface area contributed by atoms with Crippen molar-refractivity contribution in [2.24, 2.45) is 0 Å². The van der Waals surface area contributed by atoms with Crippen LogP contribution in [0.1, 0.15) is 55.8 Å².